The smallest absolute Gasteiger partial charge is 0 e. The molecule has 0 aliphatic carbocycles. The van der Waals surface area contributed by atoms with E-state index in [1.54, 1.807) is 6.08 Å². The molecule has 0 rings (SSSR count). The zero-order valence-electron chi connectivity index (χ0n) is 4.44. The Hall–Kier alpha value is 0.714. The first-order chi connectivity index (χ1) is 1.91. The maximum Gasteiger partial charge on any atom is 0 e. The van der Waals surface area contributed by atoms with E-state index in [0.717, 1.165) is 0 Å². The molecular weight excluding hydrogens is 149 g/mol. The van der Waals surface area contributed by atoms with Crippen molar-refractivity contribution in [1.29, 1.82) is 0 Å². The third-order valence-electron chi connectivity index (χ3n) is 0.236. The number of rotatable bonds is 0. The van der Waals surface area contributed by atoms with E-state index in [-0.39, 0.29) is 40.1 Å². The van der Waals surface area contributed by atoms with Gasteiger partial charge in [-0.2, -0.15) is 0 Å². The van der Waals surface area contributed by atoms with Crippen LogP contribution in [0.5, 0.6) is 0 Å². The van der Waals surface area contributed by atoms with E-state index in [1.807, 2.05) is 13.0 Å². The van der Waals surface area contributed by atoms with Crippen molar-refractivity contribution >= 4 is 0 Å². The largest absolute Gasteiger partial charge is 0.358 e. The van der Waals surface area contributed by atoms with Gasteiger partial charge in [0.05, 0.1) is 0 Å². The molecule has 0 aliphatic heterocycles. The van der Waals surface area contributed by atoms with Crippen LogP contribution in [-0.2, 0) is 32.7 Å². The van der Waals surface area contributed by atoms with E-state index in [1.165, 1.54) is 0 Å². The molecule has 0 fully saturated rings. The summed E-state index contributed by atoms with van der Waals surface area (Å²) in [6.45, 7) is 5.36. The van der Waals surface area contributed by atoms with Gasteiger partial charge >= 0.3 is 0 Å². The van der Waals surface area contributed by atoms with Crippen molar-refractivity contribution < 1.29 is 32.7 Å². The van der Waals surface area contributed by atoms with Crippen LogP contribution in [0, 0.1) is 14.4 Å². The van der Waals surface area contributed by atoms with E-state index in [0.29, 0.717) is 0 Å². The van der Waals surface area contributed by atoms with Gasteiger partial charge in [-0.05, 0) is 0 Å². The molecule has 0 amide bonds. The number of allylic oxidation sites excluding steroid dienone is 2. The zero-order chi connectivity index (χ0) is 3.41. The Bertz CT molecular complexity index is 19.1. The van der Waals surface area contributed by atoms with Gasteiger partial charge in [-0.25, -0.2) is 19.1 Å². The Morgan fingerprint density at radius 1 is 1.50 bits per heavy atom. The minimum absolute atomic E-state index is 0. The van der Waals surface area contributed by atoms with Gasteiger partial charge in [0, 0.05) is 32.7 Å². The van der Waals surface area contributed by atoms with Crippen molar-refractivity contribution in [2.75, 3.05) is 0 Å². The van der Waals surface area contributed by atoms with Crippen LogP contribution in [0.1, 0.15) is 6.92 Å². The number of hydrogen-bond donors (Lipinski definition) is 0. The maximum absolute atomic E-state index is 3.42. The molecule has 0 bridgehead atoms. The van der Waals surface area contributed by atoms with Gasteiger partial charge in [0.2, 0.25) is 0 Å². The molecule has 0 heterocycles. The summed E-state index contributed by atoms with van der Waals surface area (Å²) in [4.78, 5) is 0. The standard InChI is InChI=1S/C4H7.CH3.Y/c1-3-4-2;;/h3-4H,1H2,2H3;1H3;/q2*-1;/b4-3-;;. The molecule has 0 nitrogen and oxygen atoms in total. The molecule has 0 saturated heterocycles. The predicted molar refractivity (Wildman–Crippen MR) is 26.6 cm³/mol. The van der Waals surface area contributed by atoms with Gasteiger partial charge in [-0.15, -0.1) is 6.92 Å². The average molecular weight is 159 g/mol. The fourth-order valence-corrected chi connectivity index (χ4v) is 0. The van der Waals surface area contributed by atoms with Crippen LogP contribution in [0.25, 0.3) is 0 Å². The fraction of sp³-hybridized carbons (Fsp3) is 0.200. The molecule has 0 aromatic carbocycles. The summed E-state index contributed by atoms with van der Waals surface area (Å²) in [5, 5.41) is 0. The Labute approximate surface area is 65.9 Å². The summed E-state index contributed by atoms with van der Waals surface area (Å²) < 4.78 is 0. The molecule has 35 valence electrons. The fourth-order valence-electron chi connectivity index (χ4n) is 0. The van der Waals surface area contributed by atoms with E-state index in [4.69, 9.17) is 0 Å². The van der Waals surface area contributed by atoms with E-state index in [9.17, 15) is 0 Å². The van der Waals surface area contributed by atoms with Gasteiger partial charge in [0.1, 0.15) is 0 Å². The van der Waals surface area contributed by atoms with Crippen molar-refractivity contribution in [2.45, 2.75) is 6.92 Å². The molecule has 0 atom stereocenters. The first kappa shape index (κ1) is 15.9. The molecule has 0 N–H and O–H groups in total. The molecule has 0 unspecified atom stereocenters. The predicted octanol–water partition coefficient (Wildman–Crippen LogP) is 1.84. The third-order valence-corrected chi connectivity index (χ3v) is 0.236. The Balaban J connectivity index is -0.0000000450. The topological polar surface area (TPSA) is 0 Å². The Morgan fingerprint density at radius 3 is 1.67 bits per heavy atom. The first-order valence-electron chi connectivity index (χ1n) is 1.32. The van der Waals surface area contributed by atoms with Crippen LogP contribution in [0.3, 0.4) is 0 Å². The quantitative estimate of drug-likeness (QED) is 0.473. The second kappa shape index (κ2) is 17.2. The molecule has 0 aromatic rings. The summed E-state index contributed by atoms with van der Waals surface area (Å²) in [7, 11) is 0. The SMILES string of the molecule is [CH2-]/C=C\C.[CH3-].[Y]. The molecular formula is C5H10Y-2. The van der Waals surface area contributed by atoms with Gasteiger partial charge in [0.15, 0.2) is 0 Å². The molecule has 0 aliphatic rings. The van der Waals surface area contributed by atoms with Crippen molar-refractivity contribution in [3.8, 4) is 0 Å². The van der Waals surface area contributed by atoms with E-state index in [2.05, 4.69) is 6.92 Å². The van der Waals surface area contributed by atoms with Gasteiger partial charge < -0.3 is 7.43 Å². The third kappa shape index (κ3) is 22.1. The minimum Gasteiger partial charge on any atom is -0.358 e. The first-order valence-corrected chi connectivity index (χ1v) is 1.32. The molecule has 6 heavy (non-hydrogen) atoms. The van der Waals surface area contributed by atoms with Crippen molar-refractivity contribution in [2.24, 2.45) is 0 Å². The molecule has 0 aromatic heterocycles. The molecule has 1 radical (unpaired) electrons. The minimum atomic E-state index is 0. The van der Waals surface area contributed by atoms with Crippen LogP contribution >= 0.6 is 0 Å². The summed E-state index contributed by atoms with van der Waals surface area (Å²) in [5.41, 5.74) is 0. The maximum atomic E-state index is 3.42. The molecule has 1 heteroatoms. The normalized spacial score (nSPS) is 6.17. The molecule has 0 spiro atoms. The van der Waals surface area contributed by atoms with Crippen molar-refractivity contribution in [1.82, 2.24) is 0 Å². The van der Waals surface area contributed by atoms with Crippen LogP contribution in [0.4, 0.5) is 0 Å². The second-order valence-corrected chi connectivity index (χ2v) is 0.569. The zero-order valence-corrected chi connectivity index (χ0v) is 7.28. The van der Waals surface area contributed by atoms with Gasteiger partial charge in [-0.1, -0.05) is 0 Å². The van der Waals surface area contributed by atoms with Crippen LogP contribution in [0.2, 0.25) is 0 Å². The Morgan fingerprint density at radius 2 is 1.67 bits per heavy atom. The van der Waals surface area contributed by atoms with E-state index < -0.39 is 0 Å². The summed E-state index contributed by atoms with van der Waals surface area (Å²) in [5.74, 6) is 0. The molecule has 0 saturated carbocycles. The van der Waals surface area contributed by atoms with Crippen LogP contribution in [0.15, 0.2) is 12.2 Å². The average Bonchev–Trinajstić information content (AvgIpc) is 1.37. The summed E-state index contributed by atoms with van der Waals surface area (Å²) >= 11 is 0. The van der Waals surface area contributed by atoms with E-state index >= 15 is 0 Å². The van der Waals surface area contributed by atoms with Crippen LogP contribution in [-0.4, -0.2) is 0 Å². The second-order valence-electron chi connectivity index (χ2n) is 0.569. The number of hydrogen-bond acceptors (Lipinski definition) is 0. The van der Waals surface area contributed by atoms with Gasteiger partial charge in [-0.3, -0.25) is 0 Å². The van der Waals surface area contributed by atoms with Crippen molar-refractivity contribution in [3.05, 3.63) is 26.5 Å². The van der Waals surface area contributed by atoms with Crippen molar-refractivity contribution in [3.63, 3.8) is 0 Å². The Kier molecular flexibility index (Phi) is 45.7. The summed E-state index contributed by atoms with van der Waals surface area (Å²) in [6, 6.07) is 0. The van der Waals surface area contributed by atoms with Gasteiger partial charge in [0.25, 0.3) is 0 Å². The summed E-state index contributed by atoms with van der Waals surface area (Å²) in [6.07, 6.45) is 3.64. The van der Waals surface area contributed by atoms with Crippen LogP contribution < -0.4 is 0 Å². The monoisotopic (exact) mass is 159 g/mol.